The van der Waals surface area contributed by atoms with Crippen molar-refractivity contribution in [3.63, 3.8) is 0 Å². The Morgan fingerprint density at radius 3 is 2.74 bits per heavy atom. The molecule has 172 valence electrons. The molecule has 1 aliphatic rings. The van der Waals surface area contributed by atoms with Gasteiger partial charge in [0, 0.05) is 49.4 Å². The number of aromatic nitrogens is 5. The Morgan fingerprint density at radius 1 is 1.06 bits per heavy atom. The summed E-state index contributed by atoms with van der Waals surface area (Å²) in [5.74, 6) is 1.31. The molecular weight excluding hydrogens is 432 g/mol. The summed E-state index contributed by atoms with van der Waals surface area (Å²) < 4.78 is 13.4. The van der Waals surface area contributed by atoms with Gasteiger partial charge in [0.25, 0.3) is 5.56 Å². The molecule has 0 spiro atoms. The van der Waals surface area contributed by atoms with Gasteiger partial charge >= 0.3 is 0 Å². The van der Waals surface area contributed by atoms with Crippen LogP contribution in [-0.2, 0) is 11.8 Å². The topological polar surface area (TPSA) is 95.3 Å². The lowest BCUT2D eigenvalue weighted by atomic mass is 9.99. The van der Waals surface area contributed by atoms with E-state index in [4.69, 9.17) is 14.5 Å². The molecule has 34 heavy (non-hydrogen) atoms. The van der Waals surface area contributed by atoms with Crippen molar-refractivity contribution in [2.45, 2.75) is 6.10 Å². The standard InChI is InChI=1S/C25H24N6O3/c1-30-24(32)13-21(20-7-9-27-16-28-20)29-25(30)31-10-11-34-23(15-31)19-12-17(5-6-22(19)33-2)18-4-3-8-26-14-18/h3-9,12-14,16,23H,10-11,15H2,1-2H3. The molecule has 3 aromatic heterocycles. The van der Waals surface area contributed by atoms with E-state index in [1.165, 1.54) is 12.4 Å². The summed E-state index contributed by atoms with van der Waals surface area (Å²) >= 11 is 0. The van der Waals surface area contributed by atoms with Crippen LogP contribution in [0.15, 0.2) is 72.2 Å². The normalized spacial score (nSPS) is 15.8. The Labute approximate surface area is 196 Å². The SMILES string of the molecule is COc1ccc(-c2cccnc2)cc1C1CN(c2nc(-c3ccncn3)cc(=O)n2C)CCO1. The Hall–Kier alpha value is -4.11. The highest BCUT2D eigenvalue weighted by Gasteiger charge is 2.27. The fourth-order valence-corrected chi connectivity index (χ4v) is 4.10. The van der Waals surface area contributed by atoms with Gasteiger partial charge in [0.1, 0.15) is 18.2 Å². The number of hydrogen-bond donors (Lipinski definition) is 0. The minimum atomic E-state index is -0.264. The second kappa shape index (κ2) is 9.40. The first-order valence-electron chi connectivity index (χ1n) is 10.9. The van der Waals surface area contributed by atoms with Crippen molar-refractivity contribution < 1.29 is 9.47 Å². The van der Waals surface area contributed by atoms with Crippen molar-refractivity contribution in [3.05, 3.63) is 83.3 Å². The average molecular weight is 457 g/mol. The van der Waals surface area contributed by atoms with Gasteiger partial charge in [-0.3, -0.25) is 14.3 Å². The fourth-order valence-electron chi connectivity index (χ4n) is 4.10. The van der Waals surface area contributed by atoms with Gasteiger partial charge in [-0.2, -0.15) is 0 Å². The second-order valence-corrected chi connectivity index (χ2v) is 7.94. The average Bonchev–Trinajstić information content (AvgIpc) is 2.91. The van der Waals surface area contributed by atoms with Gasteiger partial charge < -0.3 is 14.4 Å². The van der Waals surface area contributed by atoms with Crippen LogP contribution in [0.2, 0.25) is 0 Å². The molecule has 0 amide bonds. The third-order valence-electron chi connectivity index (χ3n) is 5.88. The number of methoxy groups -OCH3 is 1. The first-order valence-corrected chi connectivity index (χ1v) is 10.9. The fraction of sp³-hybridized carbons (Fsp3) is 0.240. The summed E-state index contributed by atoms with van der Waals surface area (Å²) in [4.78, 5) is 32.0. The zero-order valence-corrected chi connectivity index (χ0v) is 19.0. The monoisotopic (exact) mass is 456 g/mol. The van der Waals surface area contributed by atoms with Crippen molar-refractivity contribution in [2.24, 2.45) is 7.05 Å². The molecule has 4 heterocycles. The van der Waals surface area contributed by atoms with Crippen LogP contribution >= 0.6 is 0 Å². The van der Waals surface area contributed by atoms with Crippen LogP contribution in [0.5, 0.6) is 5.75 Å². The maximum absolute atomic E-state index is 12.7. The minimum Gasteiger partial charge on any atom is -0.496 e. The highest BCUT2D eigenvalue weighted by molar-refractivity contribution is 5.65. The zero-order valence-electron chi connectivity index (χ0n) is 19.0. The van der Waals surface area contributed by atoms with Crippen LogP contribution in [0.1, 0.15) is 11.7 Å². The molecule has 9 nitrogen and oxygen atoms in total. The number of hydrogen-bond acceptors (Lipinski definition) is 8. The number of ether oxygens (including phenoxy) is 2. The number of nitrogens with zero attached hydrogens (tertiary/aromatic N) is 6. The lowest BCUT2D eigenvalue weighted by molar-refractivity contribution is 0.0375. The molecule has 0 radical (unpaired) electrons. The van der Waals surface area contributed by atoms with Crippen molar-refractivity contribution in [1.82, 2.24) is 24.5 Å². The van der Waals surface area contributed by atoms with Crippen LogP contribution < -0.4 is 15.2 Å². The number of benzene rings is 1. The van der Waals surface area contributed by atoms with Crippen molar-refractivity contribution in [3.8, 4) is 28.3 Å². The molecular formula is C25H24N6O3. The van der Waals surface area contributed by atoms with E-state index in [9.17, 15) is 4.79 Å². The van der Waals surface area contributed by atoms with Crippen molar-refractivity contribution in [1.29, 1.82) is 0 Å². The van der Waals surface area contributed by atoms with Crippen LogP contribution in [0.25, 0.3) is 22.5 Å². The van der Waals surface area contributed by atoms with Crippen LogP contribution in [-0.4, -0.2) is 51.3 Å². The van der Waals surface area contributed by atoms with E-state index in [2.05, 4.69) is 25.9 Å². The summed E-state index contributed by atoms with van der Waals surface area (Å²) in [6.07, 6.45) is 6.40. The Bertz CT molecular complexity index is 1340. The summed E-state index contributed by atoms with van der Waals surface area (Å²) in [7, 11) is 3.38. The van der Waals surface area contributed by atoms with E-state index in [0.29, 0.717) is 37.0 Å². The first-order chi connectivity index (χ1) is 16.6. The quantitative estimate of drug-likeness (QED) is 0.452. The number of anilines is 1. The minimum absolute atomic E-state index is 0.155. The summed E-state index contributed by atoms with van der Waals surface area (Å²) in [6, 6.07) is 13.2. The highest BCUT2D eigenvalue weighted by atomic mass is 16.5. The number of morpholine rings is 1. The van der Waals surface area contributed by atoms with Gasteiger partial charge in [0.2, 0.25) is 5.95 Å². The third kappa shape index (κ3) is 4.25. The Balaban J connectivity index is 1.50. The second-order valence-electron chi connectivity index (χ2n) is 7.94. The summed E-state index contributed by atoms with van der Waals surface area (Å²) in [5, 5.41) is 0. The lowest BCUT2D eigenvalue weighted by Gasteiger charge is -2.35. The molecule has 0 saturated carbocycles. The molecule has 1 unspecified atom stereocenters. The third-order valence-corrected chi connectivity index (χ3v) is 5.88. The molecule has 1 saturated heterocycles. The van der Waals surface area contributed by atoms with E-state index >= 15 is 0 Å². The van der Waals surface area contributed by atoms with E-state index in [-0.39, 0.29) is 11.7 Å². The molecule has 0 N–H and O–H groups in total. The highest BCUT2D eigenvalue weighted by Crippen LogP contribution is 2.35. The lowest BCUT2D eigenvalue weighted by Crippen LogP contribution is -2.41. The molecule has 1 aliphatic heterocycles. The number of rotatable bonds is 5. The summed E-state index contributed by atoms with van der Waals surface area (Å²) in [6.45, 7) is 1.60. The van der Waals surface area contributed by atoms with Crippen molar-refractivity contribution >= 4 is 5.95 Å². The summed E-state index contributed by atoms with van der Waals surface area (Å²) in [5.41, 5.74) is 3.94. The van der Waals surface area contributed by atoms with Crippen LogP contribution in [0.4, 0.5) is 5.95 Å². The smallest absolute Gasteiger partial charge is 0.255 e. The predicted molar refractivity (Wildman–Crippen MR) is 128 cm³/mol. The maximum Gasteiger partial charge on any atom is 0.255 e. The van der Waals surface area contributed by atoms with Gasteiger partial charge in [-0.25, -0.2) is 15.0 Å². The van der Waals surface area contributed by atoms with Gasteiger partial charge in [-0.15, -0.1) is 0 Å². The van der Waals surface area contributed by atoms with Gasteiger partial charge in [0.05, 0.1) is 31.6 Å². The predicted octanol–water partition coefficient (Wildman–Crippen LogP) is 2.89. The van der Waals surface area contributed by atoms with E-state index < -0.39 is 0 Å². The maximum atomic E-state index is 12.7. The molecule has 1 fully saturated rings. The largest absolute Gasteiger partial charge is 0.496 e. The molecule has 5 rings (SSSR count). The van der Waals surface area contributed by atoms with E-state index in [0.717, 1.165) is 22.4 Å². The van der Waals surface area contributed by atoms with E-state index in [1.807, 2.05) is 30.5 Å². The molecule has 4 aromatic rings. The first kappa shape index (κ1) is 21.7. The van der Waals surface area contributed by atoms with Crippen molar-refractivity contribution in [2.75, 3.05) is 31.7 Å². The molecule has 1 aromatic carbocycles. The number of pyridine rings is 1. The Morgan fingerprint density at radius 2 is 1.97 bits per heavy atom. The van der Waals surface area contributed by atoms with Gasteiger partial charge in [-0.05, 0) is 29.8 Å². The van der Waals surface area contributed by atoms with Crippen LogP contribution in [0, 0.1) is 0 Å². The van der Waals surface area contributed by atoms with Crippen LogP contribution in [0.3, 0.4) is 0 Å². The van der Waals surface area contributed by atoms with Gasteiger partial charge in [-0.1, -0.05) is 12.1 Å². The van der Waals surface area contributed by atoms with Gasteiger partial charge in [0.15, 0.2) is 0 Å². The molecule has 0 bridgehead atoms. The molecule has 0 aliphatic carbocycles. The molecule has 1 atom stereocenters. The Kier molecular flexibility index (Phi) is 6.01. The zero-order chi connectivity index (χ0) is 23.5. The van der Waals surface area contributed by atoms with E-state index in [1.54, 1.807) is 37.2 Å². The molecule has 9 heteroatoms.